The summed E-state index contributed by atoms with van der Waals surface area (Å²) < 4.78 is 38.8. The Labute approximate surface area is 83.9 Å². The van der Waals surface area contributed by atoms with Crippen molar-refractivity contribution < 1.29 is 13.2 Å². The fourth-order valence-corrected chi connectivity index (χ4v) is 2.64. The Morgan fingerprint density at radius 1 is 1.14 bits per heavy atom. The van der Waals surface area contributed by atoms with E-state index in [1.807, 2.05) is 20.8 Å². The van der Waals surface area contributed by atoms with E-state index in [0.29, 0.717) is 6.42 Å². The van der Waals surface area contributed by atoms with Crippen molar-refractivity contribution in [1.82, 2.24) is 0 Å². The van der Waals surface area contributed by atoms with Gasteiger partial charge in [-0.05, 0) is 23.7 Å². The highest BCUT2D eigenvalue weighted by Gasteiger charge is 2.73. The quantitative estimate of drug-likeness (QED) is 0.604. The van der Waals surface area contributed by atoms with E-state index in [1.165, 1.54) is 0 Å². The van der Waals surface area contributed by atoms with Crippen LogP contribution in [0.1, 0.15) is 41.0 Å². The van der Waals surface area contributed by atoms with Crippen LogP contribution < -0.4 is 0 Å². The zero-order valence-electron chi connectivity index (χ0n) is 9.50. The van der Waals surface area contributed by atoms with Crippen molar-refractivity contribution in [3.63, 3.8) is 0 Å². The maximum Gasteiger partial charge on any atom is 0.395 e. The summed E-state index contributed by atoms with van der Waals surface area (Å²) >= 11 is 0. The van der Waals surface area contributed by atoms with Gasteiger partial charge < -0.3 is 0 Å². The number of rotatable bonds is 1. The van der Waals surface area contributed by atoms with Gasteiger partial charge in [0.2, 0.25) is 0 Å². The fraction of sp³-hybridized carbons (Fsp3) is 1.00. The minimum Gasteiger partial charge on any atom is -0.170 e. The Balaban J connectivity index is 2.94. The third kappa shape index (κ3) is 1.55. The van der Waals surface area contributed by atoms with Crippen LogP contribution in [0.4, 0.5) is 13.2 Å². The van der Waals surface area contributed by atoms with Gasteiger partial charge in [0.05, 0.1) is 5.41 Å². The Morgan fingerprint density at radius 2 is 1.57 bits per heavy atom. The van der Waals surface area contributed by atoms with Crippen LogP contribution >= 0.6 is 0 Å². The van der Waals surface area contributed by atoms with Gasteiger partial charge in [0.1, 0.15) is 0 Å². The molecule has 0 bridgehead atoms. The first-order valence-corrected chi connectivity index (χ1v) is 5.10. The first kappa shape index (κ1) is 11.9. The van der Waals surface area contributed by atoms with E-state index < -0.39 is 11.6 Å². The van der Waals surface area contributed by atoms with Gasteiger partial charge in [0.15, 0.2) is 0 Å². The normalized spacial score (nSPS) is 33.6. The summed E-state index contributed by atoms with van der Waals surface area (Å²) in [6, 6.07) is 0. The first-order valence-electron chi connectivity index (χ1n) is 5.10. The van der Waals surface area contributed by atoms with Gasteiger partial charge in [-0.2, -0.15) is 13.2 Å². The minimum atomic E-state index is -4.04. The Bertz CT molecular complexity index is 222. The molecule has 0 amide bonds. The molecule has 1 fully saturated rings. The molecule has 0 aliphatic heterocycles. The molecule has 1 aliphatic carbocycles. The van der Waals surface area contributed by atoms with Crippen molar-refractivity contribution in [2.24, 2.45) is 22.7 Å². The van der Waals surface area contributed by atoms with Crippen molar-refractivity contribution in [3.05, 3.63) is 0 Å². The molecule has 1 saturated carbocycles. The second-order valence-electron chi connectivity index (χ2n) is 5.82. The monoisotopic (exact) mass is 208 g/mol. The number of alkyl halides is 3. The predicted molar refractivity (Wildman–Crippen MR) is 50.9 cm³/mol. The van der Waals surface area contributed by atoms with Crippen LogP contribution in [0, 0.1) is 22.7 Å². The fourth-order valence-electron chi connectivity index (χ4n) is 2.64. The minimum absolute atomic E-state index is 0.213. The summed E-state index contributed by atoms with van der Waals surface area (Å²) in [5.74, 6) is -0.526. The molecule has 14 heavy (non-hydrogen) atoms. The number of hydrogen-bond acceptors (Lipinski definition) is 0. The molecule has 0 aromatic rings. The van der Waals surface area contributed by atoms with Crippen molar-refractivity contribution in [1.29, 1.82) is 0 Å². The Morgan fingerprint density at radius 3 is 1.64 bits per heavy atom. The molecular weight excluding hydrogens is 189 g/mol. The summed E-state index contributed by atoms with van der Waals surface area (Å²) in [6.45, 7) is 9.05. The highest BCUT2D eigenvalue weighted by Crippen LogP contribution is 2.71. The van der Waals surface area contributed by atoms with Gasteiger partial charge >= 0.3 is 6.18 Å². The van der Waals surface area contributed by atoms with Gasteiger partial charge in [0.25, 0.3) is 0 Å². The standard InChI is InChI=1S/C11H19F3/c1-7(2)10(11(12,13)14)6-8(10)9(3,4)5/h7-8H,6H2,1-5H3. The second kappa shape index (κ2) is 2.89. The van der Waals surface area contributed by atoms with Crippen LogP contribution in [0.2, 0.25) is 0 Å². The molecular formula is C11H19F3. The summed E-state index contributed by atoms with van der Waals surface area (Å²) in [4.78, 5) is 0. The van der Waals surface area contributed by atoms with E-state index in [1.54, 1.807) is 13.8 Å². The lowest BCUT2D eigenvalue weighted by atomic mass is 9.79. The maximum atomic E-state index is 12.9. The van der Waals surface area contributed by atoms with E-state index in [0.717, 1.165) is 0 Å². The molecule has 0 radical (unpaired) electrons. The number of hydrogen-bond donors (Lipinski definition) is 0. The van der Waals surface area contributed by atoms with Crippen LogP contribution in [-0.4, -0.2) is 6.18 Å². The zero-order chi connectivity index (χ0) is 11.4. The van der Waals surface area contributed by atoms with E-state index in [-0.39, 0.29) is 17.3 Å². The summed E-state index contributed by atoms with van der Waals surface area (Å²) in [5.41, 5.74) is -1.65. The maximum absolute atomic E-state index is 12.9. The van der Waals surface area contributed by atoms with E-state index >= 15 is 0 Å². The molecule has 2 unspecified atom stereocenters. The molecule has 3 heteroatoms. The van der Waals surface area contributed by atoms with Gasteiger partial charge in [-0.1, -0.05) is 34.6 Å². The third-order valence-electron chi connectivity index (χ3n) is 3.61. The molecule has 0 nitrogen and oxygen atoms in total. The van der Waals surface area contributed by atoms with Gasteiger partial charge in [0, 0.05) is 0 Å². The molecule has 0 N–H and O–H groups in total. The van der Waals surface area contributed by atoms with Crippen LogP contribution in [0.5, 0.6) is 0 Å². The van der Waals surface area contributed by atoms with Gasteiger partial charge in [-0.3, -0.25) is 0 Å². The lowest BCUT2D eigenvalue weighted by Gasteiger charge is -2.30. The van der Waals surface area contributed by atoms with E-state index in [4.69, 9.17) is 0 Å². The zero-order valence-corrected chi connectivity index (χ0v) is 9.50. The average Bonchev–Trinajstić information content (AvgIpc) is 2.55. The first-order chi connectivity index (χ1) is 6.03. The van der Waals surface area contributed by atoms with Crippen molar-refractivity contribution in [3.8, 4) is 0 Å². The van der Waals surface area contributed by atoms with Crippen LogP contribution in [0.3, 0.4) is 0 Å². The highest BCUT2D eigenvalue weighted by atomic mass is 19.4. The van der Waals surface area contributed by atoms with Crippen LogP contribution in [-0.2, 0) is 0 Å². The SMILES string of the molecule is CC(C)C1(C(F)(F)F)CC1C(C)(C)C. The molecule has 0 spiro atoms. The van der Waals surface area contributed by atoms with Gasteiger partial charge in [-0.25, -0.2) is 0 Å². The molecule has 2 atom stereocenters. The van der Waals surface area contributed by atoms with Gasteiger partial charge in [-0.15, -0.1) is 0 Å². The van der Waals surface area contributed by atoms with E-state index in [2.05, 4.69) is 0 Å². The van der Waals surface area contributed by atoms with Crippen molar-refractivity contribution in [2.45, 2.75) is 47.2 Å². The summed E-state index contributed by atoms with van der Waals surface area (Å²) in [7, 11) is 0. The summed E-state index contributed by atoms with van der Waals surface area (Å²) in [6.07, 6.45) is -3.74. The Kier molecular flexibility index (Phi) is 2.45. The Hall–Kier alpha value is -0.210. The van der Waals surface area contributed by atoms with E-state index in [9.17, 15) is 13.2 Å². The summed E-state index contributed by atoms with van der Waals surface area (Å²) in [5, 5.41) is 0. The molecule has 0 aromatic heterocycles. The average molecular weight is 208 g/mol. The molecule has 0 heterocycles. The molecule has 0 saturated heterocycles. The largest absolute Gasteiger partial charge is 0.395 e. The van der Waals surface area contributed by atoms with Crippen molar-refractivity contribution in [2.75, 3.05) is 0 Å². The lowest BCUT2D eigenvalue weighted by molar-refractivity contribution is -0.208. The lowest BCUT2D eigenvalue weighted by Crippen LogP contribution is -2.34. The third-order valence-corrected chi connectivity index (χ3v) is 3.61. The van der Waals surface area contributed by atoms with Crippen LogP contribution in [0.15, 0.2) is 0 Å². The molecule has 1 aliphatic rings. The highest BCUT2D eigenvalue weighted by molar-refractivity contribution is 5.12. The molecule has 84 valence electrons. The molecule has 0 aromatic carbocycles. The topological polar surface area (TPSA) is 0 Å². The van der Waals surface area contributed by atoms with Crippen molar-refractivity contribution >= 4 is 0 Å². The smallest absolute Gasteiger partial charge is 0.170 e. The number of halogens is 3. The predicted octanol–water partition coefficient (Wildman–Crippen LogP) is 4.26. The van der Waals surface area contributed by atoms with Crippen LogP contribution in [0.25, 0.3) is 0 Å². The second-order valence-corrected chi connectivity index (χ2v) is 5.82. The molecule has 1 rings (SSSR count).